The van der Waals surface area contributed by atoms with Gasteiger partial charge in [0.05, 0.1) is 0 Å². The Kier molecular flexibility index (Phi) is 4.42. The van der Waals surface area contributed by atoms with Crippen LogP contribution in [0, 0.1) is 3.57 Å². The van der Waals surface area contributed by atoms with Crippen molar-refractivity contribution in [2.75, 3.05) is 29.0 Å². The first kappa shape index (κ1) is 14.4. The largest absolute Gasteiger partial charge is 0.393 e. The van der Waals surface area contributed by atoms with Crippen molar-refractivity contribution in [1.82, 2.24) is 9.97 Å². The summed E-state index contributed by atoms with van der Waals surface area (Å²) >= 11 is 2.28. The van der Waals surface area contributed by atoms with Crippen molar-refractivity contribution in [2.24, 2.45) is 0 Å². The lowest BCUT2D eigenvalue weighted by Crippen LogP contribution is -2.31. The molecular formula is C15H18IN5. The van der Waals surface area contributed by atoms with E-state index in [4.69, 9.17) is 5.73 Å². The molecule has 0 amide bonds. The van der Waals surface area contributed by atoms with Gasteiger partial charge in [-0.2, -0.15) is 0 Å². The van der Waals surface area contributed by atoms with Crippen LogP contribution in [0.1, 0.15) is 19.3 Å². The predicted molar refractivity (Wildman–Crippen MR) is 95.0 cm³/mol. The molecule has 1 aliphatic rings. The highest BCUT2D eigenvalue weighted by Gasteiger charge is 2.17. The van der Waals surface area contributed by atoms with E-state index in [1.54, 1.807) is 6.33 Å². The molecule has 0 radical (unpaired) electrons. The molecule has 5 nitrogen and oxygen atoms in total. The van der Waals surface area contributed by atoms with Gasteiger partial charge in [0.1, 0.15) is 12.0 Å². The van der Waals surface area contributed by atoms with E-state index in [-0.39, 0.29) is 0 Å². The third kappa shape index (κ3) is 3.37. The molecule has 0 unspecified atom stereocenters. The molecule has 2 aromatic rings. The smallest absolute Gasteiger partial charge is 0.159 e. The van der Waals surface area contributed by atoms with Crippen molar-refractivity contribution in [3.05, 3.63) is 34.2 Å². The van der Waals surface area contributed by atoms with Gasteiger partial charge < -0.3 is 16.0 Å². The van der Waals surface area contributed by atoms with Crippen molar-refractivity contribution < 1.29 is 0 Å². The predicted octanol–water partition coefficient (Wildman–Crippen LogP) is 3.40. The van der Waals surface area contributed by atoms with Gasteiger partial charge in [-0.25, -0.2) is 9.97 Å². The van der Waals surface area contributed by atoms with Gasteiger partial charge in [0.25, 0.3) is 0 Å². The minimum Gasteiger partial charge on any atom is -0.393 e. The van der Waals surface area contributed by atoms with E-state index in [0.29, 0.717) is 11.5 Å². The Morgan fingerprint density at radius 1 is 1.05 bits per heavy atom. The first-order chi connectivity index (χ1) is 10.2. The minimum absolute atomic E-state index is 0.623. The van der Waals surface area contributed by atoms with Gasteiger partial charge in [0.15, 0.2) is 11.6 Å². The number of halogens is 1. The Bertz CT molecular complexity index is 608. The standard InChI is InChI=1S/C15H18IN5/c16-11-4-6-12(7-5-11)20-14-13(17)15(19-10-18-14)21-8-2-1-3-9-21/h4-7,10H,1-3,8-9,17H2,(H,18,19,20). The molecule has 1 saturated heterocycles. The van der Waals surface area contributed by atoms with Crippen LogP contribution in [0.2, 0.25) is 0 Å². The van der Waals surface area contributed by atoms with Crippen LogP contribution in [0.4, 0.5) is 23.0 Å². The summed E-state index contributed by atoms with van der Waals surface area (Å²) in [6.07, 6.45) is 5.26. The maximum Gasteiger partial charge on any atom is 0.159 e. The van der Waals surface area contributed by atoms with E-state index in [9.17, 15) is 0 Å². The van der Waals surface area contributed by atoms with E-state index in [2.05, 4.69) is 42.8 Å². The fraction of sp³-hybridized carbons (Fsp3) is 0.333. The van der Waals surface area contributed by atoms with Crippen LogP contribution in [-0.4, -0.2) is 23.1 Å². The molecule has 0 atom stereocenters. The zero-order valence-corrected chi connectivity index (χ0v) is 13.9. The molecule has 3 N–H and O–H groups in total. The normalized spacial score (nSPS) is 15.0. The van der Waals surface area contributed by atoms with Crippen LogP contribution in [-0.2, 0) is 0 Å². The average molecular weight is 395 g/mol. The van der Waals surface area contributed by atoms with Crippen LogP contribution >= 0.6 is 22.6 Å². The molecular weight excluding hydrogens is 377 g/mol. The fourth-order valence-electron chi connectivity index (χ4n) is 2.51. The van der Waals surface area contributed by atoms with Crippen molar-refractivity contribution >= 4 is 45.6 Å². The zero-order chi connectivity index (χ0) is 14.7. The maximum absolute atomic E-state index is 6.26. The molecule has 2 heterocycles. The average Bonchev–Trinajstić information content (AvgIpc) is 2.52. The van der Waals surface area contributed by atoms with Gasteiger partial charge in [0, 0.05) is 22.3 Å². The van der Waals surface area contributed by atoms with Crippen molar-refractivity contribution in [1.29, 1.82) is 0 Å². The number of piperidine rings is 1. The lowest BCUT2D eigenvalue weighted by Gasteiger charge is -2.28. The van der Waals surface area contributed by atoms with E-state index >= 15 is 0 Å². The maximum atomic E-state index is 6.26. The summed E-state index contributed by atoms with van der Waals surface area (Å²) in [5, 5.41) is 3.27. The number of anilines is 4. The van der Waals surface area contributed by atoms with E-state index < -0.39 is 0 Å². The van der Waals surface area contributed by atoms with Gasteiger partial charge in [-0.1, -0.05) is 0 Å². The fourth-order valence-corrected chi connectivity index (χ4v) is 2.87. The Morgan fingerprint density at radius 3 is 2.48 bits per heavy atom. The number of hydrogen-bond acceptors (Lipinski definition) is 5. The highest BCUT2D eigenvalue weighted by atomic mass is 127. The molecule has 1 aromatic heterocycles. The second-order valence-electron chi connectivity index (χ2n) is 5.14. The summed E-state index contributed by atoms with van der Waals surface area (Å²) in [5.41, 5.74) is 7.86. The molecule has 21 heavy (non-hydrogen) atoms. The SMILES string of the molecule is Nc1c(Nc2ccc(I)cc2)ncnc1N1CCCCC1. The number of aromatic nitrogens is 2. The quantitative estimate of drug-likeness (QED) is 0.780. The summed E-state index contributed by atoms with van der Waals surface area (Å²) in [6.45, 7) is 2.04. The molecule has 1 aromatic carbocycles. The Labute approximate surface area is 138 Å². The molecule has 0 spiro atoms. The number of nitrogens with two attached hydrogens (primary N) is 1. The second kappa shape index (κ2) is 6.46. The van der Waals surface area contributed by atoms with Crippen molar-refractivity contribution in [2.45, 2.75) is 19.3 Å². The number of nitrogens with zero attached hydrogens (tertiary/aromatic N) is 3. The van der Waals surface area contributed by atoms with E-state index in [1.807, 2.05) is 24.3 Å². The molecule has 0 saturated carbocycles. The van der Waals surface area contributed by atoms with Crippen molar-refractivity contribution in [3.8, 4) is 0 Å². The van der Waals surface area contributed by atoms with Gasteiger partial charge in [-0.15, -0.1) is 0 Å². The monoisotopic (exact) mass is 395 g/mol. The van der Waals surface area contributed by atoms with Crippen LogP contribution in [0.5, 0.6) is 0 Å². The highest BCUT2D eigenvalue weighted by molar-refractivity contribution is 14.1. The third-order valence-electron chi connectivity index (χ3n) is 3.63. The Morgan fingerprint density at radius 2 is 1.76 bits per heavy atom. The number of nitrogens with one attached hydrogen (secondary N) is 1. The summed E-state index contributed by atoms with van der Waals surface area (Å²) in [7, 11) is 0. The zero-order valence-electron chi connectivity index (χ0n) is 11.7. The summed E-state index contributed by atoms with van der Waals surface area (Å²) in [6, 6.07) is 8.13. The first-order valence-electron chi connectivity index (χ1n) is 7.12. The molecule has 0 bridgehead atoms. The molecule has 0 aliphatic carbocycles. The highest BCUT2D eigenvalue weighted by Crippen LogP contribution is 2.30. The Balaban J connectivity index is 1.84. The van der Waals surface area contributed by atoms with E-state index in [0.717, 1.165) is 24.6 Å². The van der Waals surface area contributed by atoms with Crippen LogP contribution in [0.3, 0.4) is 0 Å². The lowest BCUT2D eigenvalue weighted by molar-refractivity contribution is 0.574. The lowest BCUT2D eigenvalue weighted by atomic mass is 10.1. The first-order valence-corrected chi connectivity index (χ1v) is 8.20. The molecule has 1 aliphatic heterocycles. The number of rotatable bonds is 3. The summed E-state index contributed by atoms with van der Waals surface area (Å²) in [5.74, 6) is 1.52. The molecule has 110 valence electrons. The Hall–Kier alpha value is -1.57. The number of hydrogen-bond donors (Lipinski definition) is 2. The van der Waals surface area contributed by atoms with Crippen LogP contribution in [0.25, 0.3) is 0 Å². The molecule has 6 heteroatoms. The molecule has 3 rings (SSSR count). The summed E-state index contributed by atoms with van der Waals surface area (Å²) < 4.78 is 1.20. The van der Waals surface area contributed by atoms with Gasteiger partial charge in [-0.3, -0.25) is 0 Å². The summed E-state index contributed by atoms with van der Waals surface area (Å²) in [4.78, 5) is 10.9. The van der Waals surface area contributed by atoms with Crippen molar-refractivity contribution in [3.63, 3.8) is 0 Å². The number of benzene rings is 1. The number of nitrogen functional groups attached to an aromatic ring is 1. The third-order valence-corrected chi connectivity index (χ3v) is 4.34. The minimum atomic E-state index is 0.623. The topological polar surface area (TPSA) is 67.1 Å². The van der Waals surface area contributed by atoms with E-state index in [1.165, 1.54) is 22.8 Å². The van der Waals surface area contributed by atoms with Crippen LogP contribution in [0.15, 0.2) is 30.6 Å². The van der Waals surface area contributed by atoms with Crippen LogP contribution < -0.4 is 16.0 Å². The van der Waals surface area contributed by atoms with Gasteiger partial charge in [-0.05, 0) is 66.1 Å². The van der Waals surface area contributed by atoms with Gasteiger partial charge in [0.2, 0.25) is 0 Å². The molecule has 1 fully saturated rings. The van der Waals surface area contributed by atoms with Gasteiger partial charge >= 0.3 is 0 Å². The second-order valence-corrected chi connectivity index (χ2v) is 6.38.